The molecular formula is C14H28N2OS. The maximum absolute atomic E-state index is 10.0. The van der Waals surface area contributed by atoms with Gasteiger partial charge in [0.05, 0.1) is 6.10 Å². The van der Waals surface area contributed by atoms with Gasteiger partial charge in [-0.15, -0.1) is 0 Å². The molecule has 0 spiro atoms. The number of likely N-dealkylation sites (tertiary alicyclic amines) is 1. The molecule has 0 amide bonds. The average molecular weight is 272 g/mol. The minimum absolute atomic E-state index is 0.193. The van der Waals surface area contributed by atoms with E-state index in [1.807, 2.05) is 11.8 Å². The second-order valence-electron chi connectivity index (χ2n) is 5.78. The molecule has 2 rings (SSSR count). The molecule has 1 atom stereocenters. The van der Waals surface area contributed by atoms with Crippen molar-refractivity contribution in [3.05, 3.63) is 0 Å². The highest BCUT2D eigenvalue weighted by Gasteiger charge is 2.21. The van der Waals surface area contributed by atoms with E-state index in [0.717, 1.165) is 18.3 Å². The quantitative estimate of drug-likeness (QED) is 0.771. The van der Waals surface area contributed by atoms with E-state index in [0.29, 0.717) is 6.04 Å². The number of hydrogen-bond donors (Lipinski definition) is 2. The Morgan fingerprint density at radius 1 is 1.22 bits per heavy atom. The molecule has 0 bridgehead atoms. The summed E-state index contributed by atoms with van der Waals surface area (Å²) in [6.07, 6.45) is 9.86. The van der Waals surface area contributed by atoms with Crippen LogP contribution in [-0.2, 0) is 0 Å². The Morgan fingerprint density at radius 3 is 2.50 bits per heavy atom. The number of hydrogen-bond acceptors (Lipinski definition) is 4. The van der Waals surface area contributed by atoms with Crippen molar-refractivity contribution in [3.63, 3.8) is 0 Å². The summed E-state index contributed by atoms with van der Waals surface area (Å²) in [4.78, 5) is 2.39. The molecule has 1 unspecified atom stereocenters. The summed E-state index contributed by atoms with van der Waals surface area (Å²) in [5.74, 6) is 0. The lowest BCUT2D eigenvalue weighted by Gasteiger charge is -2.29. The molecular weight excluding hydrogens is 244 g/mol. The highest BCUT2D eigenvalue weighted by Crippen LogP contribution is 2.26. The average Bonchev–Trinajstić information content (AvgIpc) is 2.90. The van der Waals surface area contributed by atoms with Gasteiger partial charge in [-0.25, -0.2) is 0 Å². The highest BCUT2D eigenvalue weighted by atomic mass is 32.2. The number of rotatable bonds is 6. The van der Waals surface area contributed by atoms with Crippen molar-refractivity contribution < 1.29 is 5.11 Å². The van der Waals surface area contributed by atoms with Gasteiger partial charge in [-0.1, -0.05) is 0 Å². The highest BCUT2D eigenvalue weighted by molar-refractivity contribution is 7.99. The Bertz CT molecular complexity index is 226. The van der Waals surface area contributed by atoms with E-state index in [9.17, 15) is 5.11 Å². The van der Waals surface area contributed by atoms with E-state index >= 15 is 0 Å². The minimum Gasteiger partial charge on any atom is -0.390 e. The van der Waals surface area contributed by atoms with Gasteiger partial charge in [0, 0.05) is 24.4 Å². The Kier molecular flexibility index (Phi) is 6.29. The molecule has 1 saturated heterocycles. The number of aliphatic hydroxyl groups excluding tert-OH is 1. The normalized spacial score (nSPS) is 31.7. The first-order chi connectivity index (χ1) is 8.78. The van der Waals surface area contributed by atoms with Crippen LogP contribution in [0.2, 0.25) is 0 Å². The number of β-amino-alcohol motifs (C(OH)–C–C–N with tert-alkyl or cyclic N) is 1. The lowest BCUT2D eigenvalue weighted by molar-refractivity contribution is 0.118. The maximum atomic E-state index is 10.0. The minimum atomic E-state index is -0.193. The van der Waals surface area contributed by atoms with Crippen LogP contribution in [0.25, 0.3) is 0 Å². The van der Waals surface area contributed by atoms with Crippen molar-refractivity contribution in [1.29, 1.82) is 0 Å². The second-order valence-corrected chi connectivity index (χ2v) is 6.92. The Labute approximate surface area is 116 Å². The van der Waals surface area contributed by atoms with Crippen LogP contribution in [0, 0.1) is 0 Å². The third kappa shape index (κ3) is 4.72. The lowest BCUT2D eigenvalue weighted by atomic mass is 9.95. The van der Waals surface area contributed by atoms with Gasteiger partial charge in [-0.05, 0) is 57.9 Å². The van der Waals surface area contributed by atoms with Crippen LogP contribution in [0.15, 0.2) is 0 Å². The van der Waals surface area contributed by atoms with Crippen molar-refractivity contribution in [2.45, 2.75) is 55.9 Å². The maximum Gasteiger partial charge on any atom is 0.0791 e. The van der Waals surface area contributed by atoms with Gasteiger partial charge in [0.1, 0.15) is 0 Å². The molecule has 2 aliphatic rings. The van der Waals surface area contributed by atoms with Crippen molar-refractivity contribution >= 4 is 11.8 Å². The Morgan fingerprint density at radius 2 is 1.89 bits per heavy atom. The monoisotopic (exact) mass is 272 g/mol. The lowest BCUT2D eigenvalue weighted by Crippen LogP contribution is -2.42. The van der Waals surface area contributed by atoms with Crippen LogP contribution < -0.4 is 5.32 Å². The predicted octanol–water partition coefficient (Wildman–Crippen LogP) is 1.71. The summed E-state index contributed by atoms with van der Waals surface area (Å²) in [6.45, 7) is 3.98. The van der Waals surface area contributed by atoms with Gasteiger partial charge >= 0.3 is 0 Å². The summed E-state index contributed by atoms with van der Waals surface area (Å²) < 4.78 is 0. The zero-order chi connectivity index (χ0) is 12.8. The summed E-state index contributed by atoms with van der Waals surface area (Å²) in [6, 6.07) is 0.640. The van der Waals surface area contributed by atoms with Crippen LogP contribution >= 0.6 is 11.8 Å². The largest absolute Gasteiger partial charge is 0.390 e. The zero-order valence-electron chi connectivity index (χ0n) is 11.6. The van der Waals surface area contributed by atoms with Gasteiger partial charge in [-0.2, -0.15) is 11.8 Å². The van der Waals surface area contributed by atoms with Crippen molar-refractivity contribution in [2.75, 3.05) is 32.4 Å². The van der Waals surface area contributed by atoms with Crippen LogP contribution in [0.4, 0.5) is 0 Å². The van der Waals surface area contributed by atoms with E-state index in [1.165, 1.54) is 51.6 Å². The molecule has 0 aromatic carbocycles. The van der Waals surface area contributed by atoms with E-state index < -0.39 is 0 Å². The molecule has 3 nitrogen and oxygen atoms in total. The van der Waals surface area contributed by atoms with E-state index in [1.54, 1.807) is 0 Å². The third-order valence-corrected chi connectivity index (χ3v) is 5.46. The number of nitrogens with zero attached hydrogens (tertiary/aromatic N) is 1. The van der Waals surface area contributed by atoms with Crippen LogP contribution in [-0.4, -0.2) is 59.8 Å². The van der Waals surface area contributed by atoms with Crippen molar-refractivity contribution in [1.82, 2.24) is 10.2 Å². The molecule has 106 valence electrons. The topological polar surface area (TPSA) is 35.5 Å². The third-order valence-electron chi connectivity index (χ3n) is 4.32. The molecule has 0 aromatic heterocycles. The van der Waals surface area contributed by atoms with Gasteiger partial charge in [0.25, 0.3) is 0 Å². The summed E-state index contributed by atoms with van der Waals surface area (Å²) in [5.41, 5.74) is 0. The van der Waals surface area contributed by atoms with E-state index in [4.69, 9.17) is 0 Å². The second kappa shape index (κ2) is 7.73. The molecule has 1 aliphatic carbocycles. The first-order valence-electron chi connectivity index (χ1n) is 7.44. The van der Waals surface area contributed by atoms with E-state index in [-0.39, 0.29) is 6.10 Å². The van der Waals surface area contributed by atoms with Gasteiger partial charge in [0.15, 0.2) is 0 Å². The fraction of sp³-hybridized carbons (Fsp3) is 1.00. The summed E-state index contributed by atoms with van der Waals surface area (Å²) in [5, 5.41) is 14.5. The van der Waals surface area contributed by atoms with Gasteiger partial charge in [0.2, 0.25) is 0 Å². The van der Waals surface area contributed by atoms with Gasteiger partial charge in [-0.3, -0.25) is 0 Å². The molecule has 1 saturated carbocycles. The van der Waals surface area contributed by atoms with Crippen LogP contribution in [0.3, 0.4) is 0 Å². The Hall–Kier alpha value is 0.230. The first kappa shape index (κ1) is 14.6. The standard InChI is InChI=1S/C14H28N2OS/c1-18-14-6-4-12(5-7-14)15-10-13(17)11-16-8-2-3-9-16/h12-15,17H,2-11H2,1H3. The fourth-order valence-corrected chi connectivity index (χ4v) is 3.88. The number of thioether (sulfide) groups is 1. The fourth-order valence-electron chi connectivity index (χ4n) is 3.13. The molecule has 2 fully saturated rings. The molecule has 18 heavy (non-hydrogen) atoms. The van der Waals surface area contributed by atoms with Crippen molar-refractivity contribution in [3.8, 4) is 0 Å². The van der Waals surface area contributed by atoms with Crippen molar-refractivity contribution in [2.24, 2.45) is 0 Å². The van der Waals surface area contributed by atoms with Crippen LogP contribution in [0.1, 0.15) is 38.5 Å². The number of nitrogens with one attached hydrogen (secondary N) is 1. The summed E-state index contributed by atoms with van der Waals surface area (Å²) in [7, 11) is 0. The molecule has 1 aliphatic heterocycles. The molecule has 1 heterocycles. The van der Waals surface area contributed by atoms with E-state index in [2.05, 4.69) is 16.5 Å². The smallest absolute Gasteiger partial charge is 0.0791 e. The zero-order valence-corrected chi connectivity index (χ0v) is 12.4. The molecule has 4 heteroatoms. The predicted molar refractivity (Wildman–Crippen MR) is 79.2 cm³/mol. The molecule has 0 aromatic rings. The first-order valence-corrected chi connectivity index (χ1v) is 8.73. The van der Waals surface area contributed by atoms with Gasteiger partial charge < -0.3 is 15.3 Å². The SMILES string of the molecule is CSC1CCC(NCC(O)CN2CCCC2)CC1. The van der Waals surface area contributed by atoms with Crippen LogP contribution in [0.5, 0.6) is 0 Å². The molecule has 0 radical (unpaired) electrons. The number of aliphatic hydroxyl groups is 1. The Balaban J connectivity index is 1.56. The summed E-state index contributed by atoms with van der Waals surface area (Å²) >= 11 is 2.01. The molecule has 2 N–H and O–H groups in total.